The summed E-state index contributed by atoms with van der Waals surface area (Å²) in [6, 6.07) is 4.13. The van der Waals surface area contributed by atoms with Crippen molar-refractivity contribution < 1.29 is 9.47 Å². The summed E-state index contributed by atoms with van der Waals surface area (Å²) in [5.41, 5.74) is 11.0. The first-order valence-electron chi connectivity index (χ1n) is 16.0. The first-order chi connectivity index (χ1) is 22.4. The molecule has 0 bridgehead atoms. The fourth-order valence-corrected chi connectivity index (χ4v) is 8.39. The normalized spacial score (nSPS) is 17.1. The van der Waals surface area contributed by atoms with Gasteiger partial charge in [0.15, 0.2) is 10.3 Å². The molecule has 240 valence electrons. The first kappa shape index (κ1) is 31.3. The number of hydrogen-bond donors (Lipinski definition) is 2. The number of hydrogen-bond acceptors (Lipinski definition) is 10. The Kier molecular flexibility index (Phi) is 9.39. The molecular weight excluding hydrogens is 621 g/mol. The molecule has 4 aromatic rings. The molecule has 12 heteroatoms. The van der Waals surface area contributed by atoms with Crippen LogP contribution in [0, 0.1) is 13.8 Å². The number of ether oxygens (including phenoxy) is 2. The van der Waals surface area contributed by atoms with Crippen LogP contribution in [0.4, 0.5) is 0 Å². The van der Waals surface area contributed by atoms with Gasteiger partial charge in [-0.05, 0) is 86.8 Å². The average molecular weight is 659 g/mol. The minimum atomic E-state index is 0.0329. The van der Waals surface area contributed by atoms with E-state index >= 15 is 0 Å². The Morgan fingerprint density at radius 2 is 1.30 bits per heavy atom. The summed E-state index contributed by atoms with van der Waals surface area (Å²) in [7, 11) is 0. The van der Waals surface area contributed by atoms with Crippen LogP contribution >= 0.6 is 23.5 Å². The van der Waals surface area contributed by atoms with E-state index in [0.717, 1.165) is 121 Å². The van der Waals surface area contributed by atoms with Crippen molar-refractivity contribution in [3.63, 3.8) is 0 Å². The minimum Gasteiger partial charge on any atom is -0.380 e. The number of fused-ring (bicyclic) bond motifs is 2. The molecule has 4 aliphatic rings. The highest BCUT2D eigenvalue weighted by atomic mass is 32.2. The highest BCUT2D eigenvalue weighted by Crippen LogP contribution is 2.33. The molecule has 2 saturated heterocycles. The van der Waals surface area contributed by atoms with Crippen molar-refractivity contribution in [3.05, 3.63) is 101 Å². The fourth-order valence-electron chi connectivity index (χ4n) is 6.40. The molecule has 2 aliphatic carbocycles. The number of aromatic amines is 2. The number of nitrogens with one attached hydrogen (secondary N) is 2. The van der Waals surface area contributed by atoms with E-state index in [2.05, 4.69) is 42.9 Å². The molecule has 0 atom stereocenters. The zero-order valence-electron chi connectivity index (χ0n) is 26.2. The molecule has 2 fully saturated rings. The second kappa shape index (κ2) is 13.8. The van der Waals surface area contributed by atoms with Gasteiger partial charge in [-0.2, -0.15) is 0 Å². The van der Waals surface area contributed by atoms with Crippen molar-refractivity contribution in [1.82, 2.24) is 29.9 Å². The van der Waals surface area contributed by atoms with Crippen molar-refractivity contribution in [2.45, 2.75) is 86.0 Å². The van der Waals surface area contributed by atoms with Crippen LogP contribution in [0.3, 0.4) is 0 Å². The van der Waals surface area contributed by atoms with Crippen LogP contribution in [0.15, 0.2) is 44.4 Å². The van der Waals surface area contributed by atoms with E-state index in [4.69, 9.17) is 9.47 Å². The maximum Gasteiger partial charge on any atom is 0.254 e. The molecular formula is C34H38N6O4S2. The van der Waals surface area contributed by atoms with E-state index < -0.39 is 0 Å². The lowest BCUT2D eigenvalue weighted by Crippen LogP contribution is -2.27. The van der Waals surface area contributed by atoms with Gasteiger partial charge in [0.05, 0.1) is 43.5 Å². The smallest absolute Gasteiger partial charge is 0.254 e. The third-order valence-electron chi connectivity index (χ3n) is 9.28. The van der Waals surface area contributed by atoms with E-state index in [9.17, 15) is 9.59 Å². The van der Waals surface area contributed by atoms with Crippen molar-refractivity contribution in [1.29, 1.82) is 0 Å². The molecule has 10 nitrogen and oxygen atoms in total. The Bertz CT molecular complexity index is 1730. The SMILES string of the molecule is Cc1ccnc(C2COC2)c1CSc1nc2c(c(=O)[nH]1)CCC2.Cc1nccc(C2COC2)c1CSc1nc2c(c(=O)[nH]1)CCC2. The fraction of sp³-hybridized carbons (Fsp3) is 0.471. The van der Waals surface area contributed by atoms with Gasteiger partial charge in [0.1, 0.15) is 0 Å². The van der Waals surface area contributed by atoms with Crippen LogP contribution in [-0.2, 0) is 46.7 Å². The number of thioether (sulfide) groups is 2. The van der Waals surface area contributed by atoms with Gasteiger partial charge >= 0.3 is 0 Å². The van der Waals surface area contributed by atoms with Crippen LogP contribution < -0.4 is 11.1 Å². The lowest BCUT2D eigenvalue weighted by atomic mass is 9.93. The highest BCUT2D eigenvalue weighted by Gasteiger charge is 2.26. The summed E-state index contributed by atoms with van der Waals surface area (Å²) >= 11 is 3.17. The summed E-state index contributed by atoms with van der Waals surface area (Å²) in [6.07, 6.45) is 9.36. The van der Waals surface area contributed by atoms with Gasteiger partial charge < -0.3 is 19.4 Å². The van der Waals surface area contributed by atoms with Gasteiger partial charge in [0.2, 0.25) is 0 Å². The number of rotatable bonds is 8. The molecule has 8 rings (SSSR count). The van der Waals surface area contributed by atoms with E-state index in [1.807, 2.05) is 25.4 Å². The minimum absolute atomic E-state index is 0.0329. The topological polar surface area (TPSA) is 136 Å². The van der Waals surface area contributed by atoms with Gasteiger partial charge in [-0.3, -0.25) is 19.6 Å². The molecule has 4 aromatic heterocycles. The Morgan fingerprint density at radius 1 is 0.739 bits per heavy atom. The summed E-state index contributed by atoms with van der Waals surface area (Å²) in [4.78, 5) is 48.3. The number of H-pyrrole nitrogens is 2. The lowest BCUT2D eigenvalue weighted by Gasteiger charge is -2.28. The van der Waals surface area contributed by atoms with Crippen LogP contribution in [0.25, 0.3) is 0 Å². The van der Waals surface area contributed by atoms with E-state index in [-0.39, 0.29) is 11.1 Å². The molecule has 2 aliphatic heterocycles. The number of aromatic nitrogens is 6. The molecule has 0 unspecified atom stereocenters. The van der Waals surface area contributed by atoms with Gasteiger partial charge in [-0.15, -0.1) is 0 Å². The maximum atomic E-state index is 12.1. The zero-order chi connectivity index (χ0) is 31.6. The van der Waals surface area contributed by atoms with Crippen molar-refractivity contribution in [2.24, 2.45) is 0 Å². The third kappa shape index (κ3) is 6.58. The van der Waals surface area contributed by atoms with E-state index in [1.165, 1.54) is 22.3 Å². The monoisotopic (exact) mass is 658 g/mol. The van der Waals surface area contributed by atoms with Crippen LogP contribution in [0.1, 0.15) is 80.8 Å². The van der Waals surface area contributed by atoms with E-state index in [0.29, 0.717) is 11.8 Å². The van der Waals surface area contributed by atoms with E-state index in [1.54, 1.807) is 23.5 Å². The van der Waals surface area contributed by atoms with Gasteiger partial charge in [0, 0.05) is 52.6 Å². The summed E-state index contributed by atoms with van der Waals surface area (Å²) in [5.74, 6) is 2.41. The van der Waals surface area contributed by atoms with Gasteiger partial charge in [-0.1, -0.05) is 23.5 Å². The molecule has 0 radical (unpaired) electrons. The Balaban J connectivity index is 0.000000147. The average Bonchev–Trinajstić information content (AvgIpc) is 3.66. The number of pyridine rings is 2. The van der Waals surface area contributed by atoms with Crippen molar-refractivity contribution >= 4 is 23.5 Å². The summed E-state index contributed by atoms with van der Waals surface area (Å²) in [6.45, 7) is 7.23. The van der Waals surface area contributed by atoms with Crippen LogP contribution in [0.5, 0.6) is 0 Å². The predicted octanol–water partition coefficient (Wildman–Crippen LogP) is 4.74. The lowest BCUT2D eigenvalue weighted by molar-refractivity contribution is 0.00639. The van der Waals surface area contributed by atoms with Gasteiger partial charge in [0.25, 0.3) is 11.1 Å². The standard InChI is InChI=1S/2C17H19N3O2S/c1-10-14(12(5-6-18-10)11-7-22-8-11)9-23-17-19-15-4-2-3-13(15)16(21)20-17;1-10-5-6-18-15(11-7-22-8-11)13(10)9-23-17-19-14-4-2-3-12(14)16(21)20-17/h2*5-6,11H,2-4,7-9H2,1H3,(H,19,20,21). The molecule has 0 spiro atoms. The second-order valence-corrected chi connectivity index (χ2v) is 14.2. The summed E-state index contributed by atoms with van der Waals surface area (Å²) < 4.78 is 10.6. The highest BCUT2D eigenvalue weighted by molar-refractivity contribution is 7.98. The second-order valence-electron chi connectivity index (χ2n) is 12.3. The first-order valence-corrected chi connectivity index (χ1v) is 18.0. The quantitative estimate of drug-likeness (QED) is 0.202. The van der Waals surface area contributed by atoms with Crippen LogP contribution in [-0.4, -0.2) is 56.3 Å². The molecule has 2 N–H and O–H groups in total. The predicted molar refractivity (Wildman–Crippen MR) is 178 cm³/mol. The van der Waals surface area contributed by atoms with Gasteiger partial charge in [-0.25, -0.2) is 9.97 Å². The Hall–Kier alpha value is -3.32. The maximum absolute atomic E-state index is 12.1. The third-order valence-corrected chi connectivity index (χ3v) is 11.1. The summed E-state index contributed by atoms with van der Waals surface area (Å²) in [5, 5.41) is 1.43. The molecule has 6 heterocycles. The van der Waals surface area contributed by atoms with Crippen molar-refractivity contribution in [2.75, 3.05) is 26.4 Å². The van der Waals surface area contributed by atoms with Crippen LogP contribution in [0.2, 0.25) is 0 Å². The Labute approximate surface area is 276 Å². The molecule has 0 saturated carbocycles. The zero-order valence-corrected chi connectivity index (χ0v) is 27.8. The largest absolute Gasteiger partial charge is 0.380 e. The van der Waals surface area contributed by atoms with Crippen molar-refractivity contribution in [3.8, 4) is 0 Å². The molecule has 46 heavy (non-hydrogen) atoms. The Morgan fingerprint density at radius 3 is 1.87 bits per heavy atom. The number of nitrogens with zero attached hydrogens (tertiary/aromatic N) is 4. The molecule has 0 amide bonds. The molecule has 0 aromatic carbocycles. The number of aryl methyl sites for hydroxylation is 4.